The molecule has 1 saturated heterocycles. The number of hydrogen-bond acceptors (Lipinski definition) is 6. The SMILES string of the molecule is O=C(Nc1nc2ccccc2s1)[C@@H]1CC=CC[C@H]1C(=O)OC[C@H]1CCCO1. The lowest BCUT2D eigenvalue weighted by molar-refractivity contribution is -0.155. The number of thiazole rings is 1. The summed E-state index contributed by atoms with van der Waals surface area (Å²) in [6.45, 7) is 0.993. The van der Waals surface area contributed by atoms with E-state index in [0.717, 1.165) is 29.7 Å². The molecular weight excluding hydrogens is 364 g/mol. The fourth-order valence-electron chi connectivity index (χ4n) is 3.55. The van der Waals surface area contributed by atoms with Crippen molar-refractivity contribution in [3.05, 3.63) is 36.4 Å². The van der Waals surface area contributed by atoms with Crippen LogP contribution in [0, 0.1) is 11.8 Å². The average molecular weight is 386 g/mol. The first-order valence-electron chi connectivity index (χ1n) is 9.30. The smallest absolute Gasteiger partial charge is 0.310 e. The molecule has 0 bridgehead atoms. The van der Waals surface area contributed by atoms with Gasteiger partial charge in [-0.05, 0) is 37.8 Å². The van der Waals surface area contributed by atoms with Crippen LogP contribution in [0.1, 0.15) is 25.7 Å². The van der Waals surface area contributed by atoms with Crippen molar-refractivity contribution in [2.45, 2.75) is 31.8 Å². The van der Waals surface area contributed by atoms with Crippen LogP contribution < -0.4 is 5.32 Å². The highest BCUT2D eigenvalue weighted by atomic mass is 32.1. The number of amides is 1. The number of allylic oxidation sites excluding steroid dienone is 2. The van der Waals surface area contributed by atoms with Gasteiger partial charge in [-0.3, -0.25) is 9.59 Å². The third-order valence-corrected chi connectivity index (χ3v) is 5.98. The molecule has 1 aromatic heterocycles. The lowest BCUT2D eigenvalue weighted by Crippen LogP contribution is -2.36. The number of benzene rings is 1. The Labute approximate surface area is 161 Å². The number of fused-ring (bicyclic) bond motifs is 1. The molecule has 6 nitrogen and oxygen atoms in total. The summed E-state index contributed by atoms with van der Waals surface area (Å²) >= 11 is 1.43. The number of nitrogens with zero attached hydrogens (tertiary/aromatic N) is 1. The van der Waals surface area contributed by atoms with E-state index in [2.05, 4.69) is 10.3 Å². The molecule has 2 aliphatic rings. The molecule has 3 atom stereocenters. The largest absolute Gasteiger partial charge is 0.463 e. The lowest BCUT2D eigenvalue weighted by atomic mass is 9.82. The Bertz CT molecular complexity index is 824. The van der Waals surface area contributed by atoms with Gasteiger partial charge in [0.25, 0.3) is 0 Å². The third-order valence-electron chi connectivity index (χ3n) is 5.03. The van der Waals surface area contributed by atoms with Crippen molar-refractivity contribution >= 4 is 38.6 Å². The van der Waals surface area contributed by atoms with Gasteiger partial charge < -0.3 is 14.8 Å². The van der Waals surface area contributed by atoms with E-state index in [0.29, 0.717) is 18.0 Å². The molecule has 2 aromatic rings. The van der Waals surface area contributed by atoms with Crippen LogP contribution in [0.2, 0.25) is 0 Å². The van der Waals surface area contributed by atoms with E-state index < -0.39 is 11.8 Å². The molecule has 0 saturated carbocycles. The zero-order valence-electron chi connectivity index (χ0n) is 14.9. The molecule has 4 rings (SSSR count). The Morgan fingerprint density at radius 2 is 2.04 bits per heavy atom. The zero-order chi connectivity index (χ0) is 18.6. The van der Waals surface area contributed by atoms with Gasteiger partial charge in [0.15, 0.2) is 5.13 Å². The molecule has 0 radical (unpaired) electrons. The second-order valence-electron chi connectivity index (χ2n) is 6.90. The summed E-state index contributed by atoms with van der Waals surface area (Å²) in [5.74, 6) is -1.42. The van der Waals surface area contributed by atoms with Crippen LogP contribution in [-0.2, 0) is 19.1 Å². The quantitative estimate of drug-likeness (QED) is 0.628. The Balaban J connectivity index is 1.40. The second kappa shape index (κ2) is 8.19. The maximum Gasteiger partial charge on any atom is 0.310 e. The normalized spacial score (nSPS) is 24.8. The van der Waals surface area contributed by atoms with Gasteiger partial charge in [0, 0.05) is 6.61 Å². The van der Waals surface area contributed by atoms with Crippen LogP contribution in [-0.4, -0.2) is 36.2 Å². The van der Waals surface area contributed by atoms with Crippen LogP contribution in [0.4, 0.5) is 5.13 Å². The van der Waals surface area contributed by atoms with Gasteiger partial charge in [0.1, 0.15) is 6.61 Å². The molecule has 1 fully saturated rings. The van der Waals surface area contributed by atoms with Crippen molar-refractivity contribution < 1.29 is 19.1 Å². The molecule has 1 aliphatic carbocycles. The number of hydrogen-bond donors (Lipinski definition) is 1. The number of aromatic nitrogens is 1. The van der Waals surface area contributed by atoms with Crippen molar-refractivity contribution in [2.75, 3.05) is 18.5 Å². The molecule has 142 valence electrons. The van der Waals surface area contributed by atoms with E-state index >= 15 is 0 Å². The number of para-hydroxylation sites is 1. The predicted octanol–water partition coefficient (Wildman–Crippen LogP) is 3.54. The summed E-state index contributed by atoms with van der Waals surface area (Å²) in [5, 5.41) is 3.44. The minimum absolute atomic E-state index is 0.0110. The van der Waals surface area contributed by atoms with Gasteiger partial charge >= 0.3 is 5.97 Å². The van der Waals surface area contributed by atoms with Crippen LogP contribution in [0.5, 0.6) is 0 Å². The highest BCUT2D eigenvalue weighted by molar-refractivity contribution is 7.22. The first-order valence-corrected chi connectivity index (χ1v) is 10.1. The van der Waals surface area contributed by atoms with E-state index in [1.54, 1.807) is 0 Å². The zero-order valence-corrected chi connectivity index (χ0v) is 15.7. The van der Waals surface area contributed by atoms with Gasteiger partial charge in [-0.25, -0.2) is 4.98 Å². The highest BCUT2D eigenvalue weighted by Gasteiger charge is 2.36. The van der Waals surface area contributed by atoms with Crippen LogP contribution in [0.25, 0.3) is 10.2 Å². The molecule has 7 heteroatoms. The van der Waals surface area contributed by atoms with Gasteiger partial charge in [0.05, 0.1) is 28.2 Å². The number of ether oxygens (including phenoxy) is 2. The molecule has 1 aliphatic heterocycles. The molecule has 1 N–H and O–H groups in total. The monoisotopic (exact) mass is 386 g/mol. The number of esters is 1. The Morgan fingerprint density at radius 1 is 1.22 bits per heavy atom. The highest BCUT2D eigenvalue weighted by Crippen LogP contribution is 2.30. The number of anilines is 1. The van der Waals surface area contributed by atoms with Gasteiger partial charge in [-0.15, -0.1) is 0 Å². The summed E-state index contributed by atoms with van der Waals surface area (Å²) in [6.07, 6.45) is 6.84. The van der Waals surface area contributed by atoms with Crippen molar-refractivity contribution in [1.82, 2.24) is 4.98 Å². The van der Waals surface area contributed by atoms with Gasteiger partial charge in [-0.1, -0.05) is 35.6 Å². The minimum Gasteiger partial charge on any atom is -0.463 e. The first-order chi connectivity index (χ1) is 13.2. The Hall–Kier alpha value is -2.25. The van der Waals surface area contributed by atoms with E-state index in [1.165, 1.54) is 11.3 Å². The lowest BCUT2D eigenvalue weighted by Gasteiger charge is -2.26. The Morgan fingerprint density at radius 3 is 2.81 bits per heavy atom. The first kappa shape index (κ1) is 18.1. The molecule has 1 amide bonds. The topological polar surface area (TPSA) is 77.5 Å². The number of carbonyl (C=O) groups excluding carboxylic acids is 2. The summed E-state index contributed by atoms with van der Waals surface area (Å²) in [7, 11) is 0. The van der Waals surface area contributed by atoms with E-state index in [9.17, 15) is 9.59 Å². The van der Waals surface area contributed by atoms with E-state index in [4.69, 9.17) is 9.47 Å². The molecule has 1 aromatic carbocycles. The van der Waals surface area contributed by atoms with Crippen LogP contribution >= 0.6 is 11.3 Å². The van der Waals surface area contributed by atoms with E-state index in [-0.39, 0.29) is 24.6 Å². The van der Waals surface area contributed by atoms with Crippen molar-refractivity contribution in [3.63, 3.8) is 0 Å². The van der Waals surface area contributed by atoms with Crippen LogP contribution in [0.3, 0.4) is 0 Å². The Kier molecular flexibility index (Phi) is 5.50. The molecule has 2 heterocycles. The maximum atomic E-state index is 12.8. The molecule has 27 heavy (non-hydrogen) atoms. The maximum absolute atomic E-state index is 12.8. The molecule has 0 unspecified atom stereocenters. The average Bonchev–Trinajstić information content (AvgIpc) is 3.35. The van der Waals surface area contributed by atoms with E-state index in [1.807, 2.05) is 36.4 Å². The standard InChI is InChI=1S/C20H22N2O4S/c23-18(22-20-21-16-9-3-4-10-17(16)27-20)14-7-1-2-8-15(14)19(24)26-12-13-6-5-11-25-13/h1-4,9-10,13-15H,5-8,11-12H2,(H,21,22,23)/t13-,14-,15-/m1/s1. The van der Waals surface area contributed by atoms with Crippen LogP contribution in [0.15, 0.2) is 36.4 Å². The summed E-state index contributed by atoms with van der Waals surface area (Å²) in [4.78, 5) is 29.8. The van der Waals surface area contributed by atoms with Gasteiger partial charge in [0.2, 0.25) is 5.91 Å². The minimum atomic E-state index is -0.467. The molecule has 0 spiro atoms. The fraction of sp³-hybridized carbons (Fsp3) is 0.450. The van der Waals surface area contributed by atoms with Crippen molar-refractivity contribution in [3.8, 4) is 0 Å². The third kappa shape index (κ3) is 4.20. The van der Waals surface area contributed by atoms with Gasteiger partial charge in [-0.2, -0.15) is 0 Å². The number of nitrogens with one attached hydrogen (secondary N) is 1. The fourth-order valence-corrected chi connectivity index (χ4v) is 4.41. The summed E-state index contributed by atoms with van der Waals surface area (Å²) in [5.41, 5.74) is 0.855. The summed E-state index contributed by atoms with van der Waals surface area (Å²) in [6, 6.07) is 7.74. The number of rotatable bonds is 5. The summed E-state index contributed by atoms with van der Waals surface area (Å²) < 4.78 is 12.0. The predicted molar refractivity (Wildman–Crippen MR) is 104 cm³/mol. The van der Waals surface area contributed by atoms with Crippen molar-refractivity contribution in [1.29, 1.82) is 0 Å². The van der Waals surface area contributed by atoms with Crippen molar-refractivity contribution in [2.24, 2.45) is 11.8 Å². The second-order valence-corrected chi connectivity index (χ2v) is 7.93. The molecular formula is C20H22N2O4S. The number of carbonyl (C=O) groups is 2.